The van der Waals surface area contributed by atoms with Gasteiger partial charge in [0.1, 0.15) is 11.6 Å². The number of amides is 4. The summed E-state index contributed by atoms with van der Waals surface area (Å²) in [6, 6.07) is 25.5. The lowest BCUT2D eigenvalue weighted by atomic mass is 9.77. The summed E-state index contributed by atoms with van der Waals surface area (Å²) in [4.78, 5) is 128. The Bertz CT molecular complexity index is 4210. The lowest BCUT2D eigenvalue weighted by Crippen LogP contribution is -2.75. The van der Waals surface area contributed by atoms with Gasteiger partial charge in [-0.2, -0.15) is 5.01 Å². The van der Waals surface area contributed by atoms with Crippen molar-refractivity contribution in [2.45, 2.75) is 102 Å². The molecule has 5 atom stereocenters. The van der Waals surface area contributed by atoms with Gasteiger partial charge in [0.05, 0.1) is 17.2 Å². The first-order chi connectivity index (χ1) is 46.5. The number of tetrazole rings is 3. The fourth-order valence-corrected chi connectivity index (χ4v) is 12.2. The highest BCUT2D eigenvalue weighted by Crippen LogP contribution is 2.44. The molecule has 0 spiro atoms. The molecule has 0 N–H and O–H groups in total. The second-order valence-corrected chi connectivity index (χ2v) is 23.1. The Balaban J connectivity index is 1.06. The number of benzene rings is 5. The lowest BCUT2D eigenvalue weighted by Gasteiger charge is -2.49. The van der Waals surface area contributed by atoms with E-state index in [4.69, 9.17) is 19.4 Å². The zero-order valence-corrected chi connectivity index (χ0v) is 51.9. The van der Waals surface area contributed by atoms with Crippen molar-refractivity contribution in [1.82, 2.24) is 86.0 Å². The minimum atomic E-state index is -3.43. The maximum Gasteiger partial charge on any atom is 0.297 e. The number of piperidine rings is 3. The Morgan fingerprint density at radius 3 is 1.84 bits per heavy atom. The van der Waals surface area contributed by atoms with Gasteiger partial charge in [0.15, 0.2) is 24.4 Å². The lowest BCUT2D eigenvalue weighted by molar-refractivity contribution is -0.309. The molecule has 8 aromatic rings. The number of rotatable bonds is 22. The van der Waals surface area contributed by atoms with Crippen LogP contribution < -0.4 is 19.4 Å². The van der Waals surface area contributed by atoms with Gasteiger partial charge in [0, 0.05) is 56.6 Å². The number of carbonyl (C=O) groups excluding carboxylic acids is 6. The van der Waals surface area contributed by atoms with Crippen molar-refractivity contribution in [3.63, 3.8) is 0 Å². The number of hydrogen-bond acceptors (Lipinski definition) is 23. The number of anilines is 1. The number of aromatic nitrogens is 12. The zero-order valence-electron chi connectivity index (χ0n) is 51.9. The molecule has 0 aliphatic carbocycles. The van der Waals surface area contributed by atoms with Crippen LogP contribution in [-0.2, 0) is 33.6 Å². The van der Waals surface area contributed by atoms with Gasteiger partial charge in [-0.15, -0.1) is 20.5 Å². The van der Waals surface area contributed by atoms with E-state index in [1.807, 2.05) is 0 Å². The molecule has 0 bridgehead atoms. The molecule has 7 heterocycles. The van der Waals surface area contributed by atoms with Gasteiger partial charge in [0.25, 0.3) is 41.4 Å². The molecule has 4 amide bonds. The van der Waals surface area contributed by atoms with Crippen LogP contribution in [0.5, 0.6) is 0 Å². The first-order valence-corrected chi connectivity index (χ1v) is 30.9. The molecule has 30 nitrogen and oxygen atoms in total. The normalized spacial score (nSPS) is 17.8. The molecule has 4 aliphatic heterocycles. The summed E-state index contributed by atoms with van der Waals surface area (Å²) in [6.07, 6.45) is -3.46. The van der Waals surface area contributed by atoms with Crippen molar-refractivity contribution in [2.75, 3.05) is 51.3 Å². The van der Waals surface area contributed by atoms with Crippen LogP contribution in [-0.4, -0.2) is 192 Å². The number of para-hydroxylation sites is 1. The number of hydroxylamine groups is 1. The zero-order chi connectivity index (χ0) is 67.2. The van der Waals surface area contributed by atoms with Gasteiger partial charge in [-0.3, -0.25) is 28.8 Å². The van der Waals surface area contributed by atoms with Crippen molar-refractivity contribution >= 4 is 40.9 Å². The predicted molar refractivity (Wildman–Crippen MR) is 323 cm³/mol. The van der Waals surface area contributed by atoms with E-state index in [1.54, 1.807) is 80.6 Å². The van der Waals surface area contributed by atoms with Crippen LogP contribution in [0, 0.1) is 37.1 Å². The van der Waals surface area contributed by atoms with Gasteiger partial charge >= 0.3 is 0 Å². The molecule has 12 rings (SSSR count). The molecular formula is C62H62F4N20O10. The van der Waals surface area contributed by atoms with E-state index >= 15 is 37.1 Å². The van der Waals surface area contributed by atoms with E-state index in [0.717, 1.165) is 55.9 Å². The third-order valence-corrected chi connectivity index (χ3v) is 17.1. The molecule has 4 aliphatic rings. The minimum Gasteiger partial charge on any atom is -0.385 e. The molecule has 498 valence electrons. The molecule has 0 radical (unpaired) electrons. The molecule has 96 heavy (non-hydrogen) atoms. The molecule has 0 saturated carbocycles. The third kappa shape index (κ3) is 12.7. The van der Waals surface area contributed by atoms with Gasteiger partial charge in [-0.05, 0) is 161 Å². The molecule has 5 aromatic carbocycles. The molecule has 34 heteroatoms. The number of likely N-dealkylation sites (N-methyl/N-ethyl adjacent to an activating group) is 1. The summed E-state index contributed by atoms with van der Waals surface area (Å²) in [5.74, 6) is -13.9. The summed E-state index contributed by atoms with van der Waals surface area (Å²) in [7, 11) is 1.28. The summed E-state index contributed by atoms with van der Waals surface area (Å²) >= 11 is 0. The second-order valence-electron chi connectivity index (χ2n) is 23.1. The highest BCUT2D eigenvalue weighted by Gasteiger charge is 2.67. The van der Waals surface area contributed by atoms with E-state index in [2.05, 4.69) is 57.0 Å². The van der Waals surface area contributed by atoms with Crippen molar-refractivity contribution in [3.8, 4) is 34.2 Å². The summed E-state index contributed by atoms with van der Waals surface area (Å²) in [5.41, 5.74) is -2.80. The highest BCUT2D eigenvalue weighted by molar-refractivity contribution is 6.41. The Kier molecular flexibility index (Phi) is 19.0. The van der Waals surface area contributed by atoms with Crippen molar-refractivity contribution in [3.05, 3.63) is 155 Å². The first kappa shape index (κ1) is 64.9. The monoisotopic (exact) mass is 1320 g/mol. The van der Waals surface area contributed by atoms with Crippen LogP contribution in [0.2, 0.25) is 0 Å². The number of ketones is 2. The van der Waals surface area contributed by atoms with E-state index in [-0.39, 0.29) is 62.6 Å². The van der Waals surface area contributed by atoms with Crippen LogP contribution in [0.25, 0.3) is 34.2 Å². The van der Waals surface area contributed by atoms with Gasteiger partial charge in [-0.1, -0.05) is 93.4 Å². The Morgan fingerprint density at radius 2 is 1.16 bits per heavy atom. The van der Waals surface area contributed by atoms with E-state index < -0.39 is 124 Å². The number of Topliss-reactive ketones (excluding diaryl/α,β-unsaturated/α-hetero) is 2. The van der Waals surface area contributed by atoms with Crippen LogP contribution >= 0.6 is 0 Å². The summed E-state index contributed by atoms with van der Waals surface area (Å²) in [6.45, 7) is 2.42. The molecular weight excluding hydrogens is 1260 g/mol. The van der Waals surface area contributed by atoms with E-state index in [9.17, 15) is 9.18 Å². The highest BCUT2D eigenvalue weighted by atomic mass is 19.2. The third-order valence-electron chi connectivity index (χ3n) is 17.1. The van der Waals surface area contributed by atoms with Crippen molar-refractivity contribution < 1.29 is 65.7 Å². The predicted octanol–water partition coefficient (Wildman–Crippen LogP) is 4.68. The fraction of sp³-hybridized carbons (Fsp3) is 0.371. The molecule has 3 saturated heterocycles. The first-order valence-electron chi connectivity index (χ1n) is 30.9. The fourth-order valence-electron chi connectivity index (χ4n) is 12.2. The molecule has 3 aromatic heterocycles. The number of aryl methyl sites for hydroxylation is 2. The van der Waals surface area contributed by atoms with Gasteiger partial charge < -0.3 is 34.1 Å². The topological polar surface area (TPSA) is 314 Å². The maximum absolute atomic E-state index is 17.0. The quantitative estimate of drug-likeness (QED) is 0.0657. The average Bonchev–Trinajstić information content (AvgIpc) is 1.57. The standard InChI is InChI=1S/C62H62F4N20O10/c1-38-21-9-11-25-41(38)53-67-70-73-83(53)93-37-47(87)57(89)81-36-18-13-31-48(81)62(51(88)58(90)79-32-14-5-15-33-79,52(59(91)78(3)40-23-7-4-8-24-40)94-85-55(69-72-75-85)49-44(63)28-20-29-45(49)64)96-86-56(42-26-12-10-22-39(42)2)82(76-77-86)61(60(92)80-34-16-6-17-35-80)95-84-54(68-71-74-84)43-27-19-30-46(65)50(43)66/h4,7-12,19-30,48,52,56,61H,5-6,13-18,31-37H2,1-3H3. The number of hydrogen-bond donors (Lipinski definition) is 0. The van der Waals surface area contributed by atoms with Crippen LogP contribution in [0.1, 0.15) is 80.6 Å². The number of likely N-dealkylation sites (tertiary alicyclic amines) is 3. The van der Waals surface area contributed by atoms with Crippen LogP contribution in [0.3, 0.4) is 0 Å². The molecule has 5 unspecified atom stereocenters. The Hall–Kier alpha value is -11.2. The average molecular weight is 1320 g/mol. The van der Waals surface area contributed by atoms with Crippen molar-refractivity contribution in [2.24, 2.45) is 10.4 Å². The van der Waals surface area contributed by atoms with E-state index in [1.165, 1.54) is 41.1 Å². The van der Waals surface area contributed by atoms with Gasteiger partial charge in [0.2, 0.25) is 29.2 Å². The van der Waals surface area contributed by atoms with Crippen molar-refractivity contribution in [1.29, 1.82) is 0 Å². The second kappa shape index (κ2) is 28.2. The maximum atomic E-state index is 17.0. The minimum absolute atomic E-state index is 0.00214. The number of halogens is 4. The van der Waals surface area contributed by atoms with Crippen LogP contribution in [0.15, 0.2) is 126 Å². The molecule has 3 fully saturated rings. The number of carbonyl (C=O) groups is 6. The largest absolute Gasteiger partial charge is 0.385 e. The Morgan fingerprint density at radius 1 is 0.583 bits per heavy atom. The smallest absolute Gasteiger partial charge is 0.297 e. The summed E-state index contributed by atoms with van der Waals surface area (Å²) in [5, 5.41) is 45.4. The Labute approximate surface area is 543 Å². The van der Waals surface area contributed by atoms with Crippen LogP contribution in [0.4, 0.5) is 23.2 Å². The van der Waals surface area contributed by atoms with E-state index in [0.29, 0.717) is 58.1 Å². The number of nitrogens with zero attached hydrogens (tertiary/aromatic N) is 20. The summed E-state index contributed by atoms with van der Waals surface area (Å²) < 4.78 is 62.9. The van der Waals surface area contributed by atoms with Gasteiger partial charge in [-0.25, -0.2) is 22.4 Å². The SMILES string of the molecule is Cc1ccccc1-c1nnnn1OCC(=O)C(=O)N1CCCCC1C(ON1N=NN(C(On2nnnc2-c2cccc(F)c2F)C(=O)N2CCCCC2)C1c1ccccc1C)(C(=O)C(=O)N1CCCCC1)C(On1nnnc1-c1c(F)cccc1F)C(=O)N(C)c1ccccc1.